The Labute approximate surface area is 190 Å². The SMILES string of the molecule is CCOC(=O)C1(C(=O)O)C[C@@H](O[Si](C)(C)C(C)(C)C)C(O)[C@H](O[Si](C)(C)C(C)(C)C)C1. The molecular weight excluding hydrogens is 432 g/mol. The number of carboxylic acid groups (broad SMARTS) is 1. The maximum atomic E-state index is 12.9. The molecule has 0 heterocycles. The minimum Gasteiger partial charge on any atom is -0.480 e. The molecule has 31 heavy (non-hydrogen) atoms. The topological polar surface area (TPSA) is 102 Å². The van der Waals surface area contributed by atoms with Gasteiger partial charge in [0, 0.05) is 12.8 Å². The summed E-state index contributed by atoms with van der Waals surface area (Å²) in [6.45, 7) is 22.4. The highest BCUT2D eigenvalue weighted by molar-refractivity contribution is 6.74. The molecule has 0 aromatic rings. The van der Waals surface area contributed by atoms with Crippen molar-refractivity contribution < 1.29 is 33.4 Å². The Morgan fingerprint density at radius 3 is 1.52 bits per heavy atom. The Morgan fingerprint density at radius 2 is 1.26 bits per heavy atom. The number of rotatable bonds is 7. The first-order valence-corrected chi connectivity index (χ1v) is 17.0. The maximum absolute atomic E-state index is 12.9. The number of carboxylic acids is 1. The van der Waals surface area contributed by atoms with Crippen molar-refractivity contribution in [2.24, 2.45) is 5.41 Å². The van der Waals surface area contributed by atoms with Crippen LogP contribution in [0.2, 0.25) is 36.3 Å². The van der Waals surface area contributed by atoms with Gasteiger partial charge in [0.05, 0.1) is 18.8 Å². The van der Waals surface area contributed by atoms with Gasteiger partial charge in [-0.2, -0.15) is 0 Å². The summed E-state index contributed by atoms with van der Waals surface area (Å²) in [7, 11) is -4.72. The van der Waals surface area contributed by atoms with Crippen molar-refractivity contribution in [1.29, 1.82) is 0 Å². The van der Waals surface area contributed by atoms with Crippen LogP contribution >= 0.6 is 0 Å². The van der Waals surface area contributed by atoms with Crippen LogP contribution in [0.15, 0.2) is 0 Å². The van der Waals surface area contributed by atoms with E-state index in [9.17, 15) is 19.8 Å². The van der Waals surface area contributed by atoms with E-state index in [0.717, 1.165) is 0 Å². The predicted octanol–water partition coefficient (Wildman–Crippen LogP) is 4.56. The smallest absolute Gasteiger partial charge is 0.323 e. The second-order valence-corrected chi connectivity index (χ2v) is 21.4. The van der Waals surface area contributed by atoms with Gasteiger partial charge in [0.25, 0.3) is 0 Å². The molecule has 0 radical (unpaired) electrons. The Bertz CT molecular complexity index is 624. The quantitative estimate of drug-likeness (QED) is 0.315. The average Bonchev–Trinajstić information content (AvgIpc) is 2.55. The summed E-state index contributed by atoms with van der Waals surface area (Å²) in [4.78, 5) is 25.4. The molecule has 182 valence electrons. The van der Waals surface area contributed by atoms with Gasteiger partial charge in [-0.15, -0.1) is 0 Å². The van der Waals surface area contributed by atoms with Crippen molar-refractivity contribution in [2.45, 2.75) is 116 Å². The number of aliphatic hydroxyl groups excluding tert-OH is 1. The van der Waals surface area contributed by atoms with E-state index in [2.05, 4.69) is 41.5 Å². The van der Waals surface area contributed by atoms with Gasteiger partial charge in [0.15, 0.2) is 22.0 Å². The zero-order valence-electron chi connectivity index (χ0n) is 21.3. The van der Waals surface area contributed by atoms with E-state index in [1.165, 1.54) is 0 Å². The zero-order chi connectivity index (χ0) is 24.6. The van der Waals surface area contributed by atoms with E-state index >= 15 is 0 Å². The number of ether oxygens (including phenoxy) is 1. The van der Waals surface area contributed by atoms with Crippen LogP contribution in [-0.4, -0.2) is 63.7 Å². The standard InChI is InChI=1S/C22H44O7Si2/c1-12-27-19(26)22(18(24)25)13-15(28-30(8,9)20(2,3)4)17(23)16(14-22)29-31(10,11)21(5,6)7/h15-17,23H,12-14H2,1-11H3,(H,24,25)/t15-,16-,17?,22?/m1/s1. The van der Waals surface area contributed by atoms with Crippen molar-refractivity contribution in [2.75, 3.05) is 6.61 Å². The lowest BCUT2D eigenvalue weighted by Gasteiger charge is -2.50. The highest BCUT2D eigenvalue weighted by Crippen LogP contribution is 2.47. The molecule has 0 saturated heterocycles. The summed E-state index contributed by atoms with van der Waals surface area (Å²) in [6, 6.07) is 0. The van der Waals surface area contributed by atoms with E-state index in [1.807, 2.05) is 26.2 Å². The molecule has 0 aromatic heterocycles. The third kappa shape index (κ3) is 5.99. The average molecular weight is 477 g/mol. The van der Waals surface area contributed by atoms with E-state index in [1.54, 1.807) is 6.92 Å². The van der Waals surface area contributed by atoms with Crippen molar-refractivity contribution in [1.82, 2.24) is 0 Å². The van der Waals surface area contributed by atoms with Gasteiger partial charge in [-0.3, -0.25) is 9.59 Å². The van der Waals surface area contributed by atoms with Crippen LogP contribution in [0.4, 0.5) is 0 Å². The summed E-state index contributed by atoms with van der Waals surface area (Å²) < 4.78 is 18.1. The lowest BCUT2D eigenvalue weighted by molar-refractivity contribution is -0.185. The van der Waals surface area contributed by atoms with Crippen LogP contribution < -0.4 is 0 Å². The molecule has 0 bridgehead atoms. The number of aliphatic carboxylic acids is 1. The lowest BCUT2D eigenvalue weighted by atomic mass is 9.70. The molecule has 9 heteroatoms. The summed E-state index contributed by atoms with van der Waals surface area (Å²) in [5, 5.41) is 21.1. The predicted molar refractivity (Wildman–Crippen MR) is 126 cm³/mol. The summed E-state index contributed by atoms with van der Waals surface area (Å²) in [5.74, 6) is -2.05. The van der Waals surface area contributed by atoms with Crippen LogP contribution in [-0.2, 0) is 23.2 Å². The van der Waals surface area contributed by atoms with Crippen LogP contribution in [0.1, 0.15) is 61.3 Å². The first-order chi connectivity index (χ1) is 13.7. The molecule has 0 aliphatic heterocycles. The third-order valence-corrected chi connectivity index (χ3v) is 16.4. The van der Waals surface area contributed by atoms with Crippen LogP contribution in [0.5, 0.6) is 0 Å². The van der Waals surface area contributed by atoms with E-state index in [-0.39, 0.29) is 29.5 Å². The molecule has 0 aromatic carbocycles. The van der Waals surface area contributed by atoms with E-state index < -0.39 is 52.3 Å². The lowest BCUT2D eigenvalue weighted by Crippen LogP contribution is -2.62. The number of aliphatic hydroxyl groups is 1. The molecule has 1 rings (SSSR count). The van der Waals surface area contributed by atoms with E-state index in [4.69, 9.17) is 13.6 Å². The number of hydrogen-bond donors (Lipinski definition) is 2. The fourth-order valence-corrected chi connectivity index (χ4v) is 5.95. The Morgan fingerprint density at radius 1 is 0.903 bits per heavy atom. The van der Waals surface area contributed by atoms with Crippen molar-refractivity contribution in [3.05, 3.63) is 0 Å². The normalized spacial score (nSPS) is 28.3. The number of carbonyl (C=O) groups is 2. The molecule has 1 aliphatic carbocycles. The molecule has 0 spiro atoms. The molecule has 2 atom stereocenters. The minimum absolute atomic E-state index is 0.0813. The summed E-state index contributed by atoms with van der Waals surface area (Å²) in [6.07, 6.45) is -2.95. The molecule has 7 nitrogen and oxygen atoms in total. The van der Waals surface area contributed by atoms with Gasteiger partial charge in [-0.1, -0.05) is 41.5 Å². The highest BCUT2D eigenvalue weighted by atomic mass is 28.4. The molecule has 0 unspecified atom stereocenters. The fraction of sp³-hybridized carbons (Fsp3) is 0.909. The largest absolute Gasteiger partial charge is 0.480 e. The number of carbonyl (C=O) groups excluding carboxylic acids is 1. The third-order valence-electron chi connectivity index (χ3n) is 7.44. The first kappa shape index (κ1) is 28.3. The van der Waals surface area contributed by atoms with Gasteiger partial charge in [-0.25, -0.2) is 0 Å². The number of esters is 1. The van der Waals surface area contributed by atoms with Gasteiger partial charge in [0.1, 0.15) is 6.10 Å². The Balaban J connectivity index is 3.47. The summed E-state index contributed by atoms with van der Waals surface area (Å²) in [5.41, 5.74) is -1.81. The Kier molecular flexibility index (Phi) is 8.44. The van der Waals surface area contributed by atoms with Crippen molar-refractivity contribution in [3.63, 3.8) is 0 Å². The summed E-state index contributed by atoms with van der Waals surface area (Å²) >= 11 is 0. The van der Waals surface area contributed by atoms with Gasteiger partial charge in [-0.05, 0) is 43.2 Å². The van der Waals surface area contributed by atoms with E-state index in [0.29, 0.717) is 0 Å². The van der Waals surface area contributed by atoms with Gasteiger partial charge < -0.3 is 23.8 Å². The fourth-order valence-electron chi connectivity index (χ4n) is 3.28. The molecule has 2 N–H and O–H groups in total. The second-order valence-electron chi connectivity index (χ2n) is 11.8. The van der Waals surface area contributed by atoms with Crippen molar-refractivity contribution >= 4 is 28.6 Å². The first-order valence-electron chi connectivity index (χ1n) is 11.2. The van der Waals surface area contributed by atoms with Crippen LogP contribution in [0.25, 0.3) is 0 Å². The molecule has 1 fully saturated rings. The number of hydrogen-bond acceptors (Lipinski definition) is 6. The minimum atomic E-state index is -2.36. The van der Waals surface area contributed by atoms with Gasteiger partial charge in [0.2, 0.25) is 0 Å². The monoisotopic (exact) mass is 476 g/mol. The molecule has 0 amide bonds. The van der Waals surface area contributed by atoms with Crippen molar-refractivity contribution in [3.8, 4) is 0 Å². The Hall–Kier alpha value is -0.746. The maximum Gasteiger partial charge on any atom is 0.323 e. The molecule has 1 aliphatic rings. The molecule has 1 saturated carbocycles. The molecular formula is C22H44O7Si2. The van der Waals surface area contributed by atoms with Gasteiger partial charge >= 0.3 is 11.9 Å². The second kappa shape index (κ2) is 9.25. The van der Waals surface area contributed by atoms with Crippen LogP contribution in [0, 0.1) is 5.41 Å². The van der Waals surface area contributed by atoms with Crippen LogP contribution in [0.3, 0.4) is 0 Å². The zero-order valence-corrected chi connectivity index (χ0v) is 23.3. The highest BCUT2D eigenvalue weighted by Gasteiger charge is 2.59.